The summed E-state index contributed by atoms with van der Waals surface area (Å²) in [5.41, 5.74) is 7.01. The van der Waals surface area contributed by atoms with Gasteiger partial charge in [-0.05, 0) is 36.4 Å². The number of carbonyl (C=O) groups excluding carboxylic acids is 1. The molecule has 5 N–H and O–H groups in total. The van der Waals surface area contributed by atoms with Gasteiger partial charge in [-0.3, -0.25) is 4.79 Å². The van der Waals surface area contributed by atoms with Crippen LogP contribution in [0.3, 0.4) is 0 Å². The van der Waals surface area contributed by atoms with Crippen LogP contribution in [-0.4, -0.2) is 16.1 Å². The third kappa shape index (κ3) is 3.16. The van der Waals surface area contributed by atoms with Crippen molar-refractivity contribution in [3.8, 4) is 11.5 Å². The first-order valence-corrected chi connectivity index (χ1v) is 5.71. The number of hydrogen-bond donors (Lipinski definition) is 4. The van der Waals surface area contributed by atoms with E-state index in [2.05, 4.69) is 5.32 Å². The second kappa shape index (κ2) is 5.30. The summed E-state index contributed by atoms with van der Waals surface area (Å²) in [4.78, 5) is 11.8. The lowest BCUT2D eigenvalue weighted by atomic mass is 10.1. The van der Waals surface area contributed by atoms with Gasteiger partial charge in [-0.25, -0.2) is 0 Å². The fourth-order valence-electron chi connectivity index (χ4n) is 1.67. The molecule has 2 rings (SSSR count). The van der Waals surface area contributed by atoms with E-state index in [1.807, 2.05) is 0 Å². The van der Waals surface area contributed by atoms with Crippen LogP contribution in [0.25, 0.3) is 0 Å². The van der Waals surface area contributed by atoms with Gasteiger partial charge in [0.15, 0.2) is 0 Å². The molecule has 2 aromatic carbocycles. The standard InChI is InChI=1S/C14H14N2O3/c15-11-4-5-13(18)10(6-11)8-16-14(19)9-2-1-3-12(17)7-9/h1-7,17-18H,8,15H2,(H,16,19). The summed E-state index contributed by atoms with van der Waals surface area (Å²) in [6.45, 7) is 0.158. The van der Waals surface area contributed by atoms with Crippen molar-refractivity contribution in [3.63, 3.8) is 0 Å². The Hall–Kier alpha value is -2.69. The molecule has 0 saturated carbocycles. The molecule has 0 atom stereocenters. The van der Waals surface area contributed by atoms with Gasteiger partial charge < -0.3 is 21.3 Å². The lowest BCUT2D eigenvalue weighted by Crippen LogP contribution is -2.22. The van der Waals surface area contributed by atoms with Gasteiger partial charge in [0.1, 0.15) is 11.5 Å². The summed E-state index contributed by atoms with van der Waals surface area (Å²) in [5.74, 6) is -0.234. The first-order valence-electron chi connectivity index (χ1n) is 5.71. The number of rotatable bonds is 3. The number of anilines is 1. The van der Waals surface area contributed by atoms with Crippen LogP contribution in [0.5, 0.6) is 11.5 Å². The van der Waals surface area contributed by atoms with Crippen molar-refractivity contribution in [2.24, 2.45) is 0 Å². The molecular weight excluding hydrogens is 244 g/mol. The van der Waals surface area contributed by atoms with E-state index in [1.165, 1.54) is 18.2 Å². The van der Waals surface area contributed by atoms with E-state index in [1.54, 1.807) is 24.3 Å². The predicted molar refractivity (Wildman–Crippen MR) is 71.8 cm³/mol. The van der Waals surface area contributed by atoms with Gasteiger partial charge in [0.05, 0.1) is 0 Å². The molecule has 0 unspecified atom stereocenters. The third-order valence-electron chi connectivity index (χ3n) is 2.65. The average Bonchev–Trinajstić information content (AvgIpc) is 2.39. The van der Waals surface area contributed by atoms with Gasteiger partial charge in [-0.1, -0.05) is 6.07 Å². The molecule has 0 bridgehead atoms. The number of hydrogen-bond acceptors (Lipinski definition) is 4. The predicted octanol–water partition coefficient (Wildman–Crippen LogP) is 1.61. The van der Waals surface area contributed by atoms with Crippen LogP contribution in [0.2, 0.25) is 0 Å². The monoisotopic (exact) mass is 258 g/mol. The van der Waals surface area contributed by atoms with Gasteiger partial charge in [0.25, 0.3) is 5.91 Å². The number of phenols is 2. The number of amides is 1. The fraction of sp³-hybridized carbons (Fsp3) is 0.0714. The van der Waals surface area contributed by atoms with Gasteiger partial charge >= 0.3 is 0 Å². The van der Waals surface area contributed by atoms with Crippen LogP contribution in [0.1, 0.15) is 15.9 Å². The molecule has 5 heteroatoms. The Labute approximate surface area is 110 Å². The van der Waals surface area contributed by atoms with Crippen molar-refractivity contribution < 1.29 is 15.0 Å². The molecule has 0 aliphatic rings. The quantitative estimate of drug-likeness (QED) is 0.497. The fourth-order valence-corrected chi connectivity index (χ4v) is 1.67. The molecular formula is C14H14N2O3. The Kier molecular flexibility index (Phi) is 3.56. The molecule has 1 amide bonds. The molecule has 0 aliphatic heterocycles. The highest BCUT2D eigenvalue weighted by Gasteiger charge is 2.07. The Balaban J connectivity index is 2.06. The van der Waals surface area contributed by atoms with E-state index in [4.69, 9.17) is 5.73 Å². The molecule has 0 fully saturated rings. The average molecular weight is 258 g/mol. The summed E-state index contributed by atoms with van der Waals surface area (Å²) in [6.07, 6.45) is 0. The Morgan fingerprint density at radius 2 is 1.95 bits per heavy atom. The highest BCUT2D eigenvalue weighted by Crippen LogP contribution is 2.19. The number of benzene rings is 2. The maximum Gasteiger partial charge on any atom is 0.251 e. The van der Waals surface area contributed by atoms with Crippen LogP contribution in [0.4, 0.5) is 5.69 Å². The molecule has 0 radical (unpaired) electrons. The summed E-state index contributed by atoms with van der Waals surface area (Å²) in [6, 6.07) is 10.7. The third-order valence-corrected chi connectivity index (χ3v) is 2.65. The molecule has 0 heterocycles. The van der Waals surface area contributed by atoms with Crippen molar-refractivity contribution in [3.05, 3.63) is 53.6 Å². The SMILES string of the molecule is Nc1ccc(O)c(CNC(=O)c2cccc(O)c2)c1. The molecule has 0 aliphatic carbocycles. The summed E-state index contributed by atoms with van der Waals surface area (Å²) in [7, 11) is 0. The van der Waals surface area contributed by atoms with Crippen LogP contribution >= 0.6 is 0 Å². The normalized spacial score (nSPS) is 10.1. The second-order valence-electron chi connectivity index (χ2n) is 4.12. The minimum absolute atomic E-state index is 0.0273. The summed E-state index contributed by atoms with van der Waals surface area (Å²) < 4.78 is 0. The number of aromatic hydroxyl groups is 2. The van der Waals surface area contributed by atoms with Gasteiger partial charge in [-0.15, -0.1) is 0 Å². The van der Waals surface area contributed by atoms with E-state index < -0.39 is 0 Å². The summed E-state index contributed by atoms with van der Waals surface area (Å²) >= 11 is 0. The minimum Gasteiger partial charge on any atom is -0.508 e. The van der Waals surface area contributed by atoms with Crippen molar-refractivity contribution in [2.45, 2.75) is 6.54 Å². The topological polar surface area (TPSA) is 95.6 Å². The van der Waals surface area contributed by atoms with Crippen molar-refractivity contribution >= 4 is 11.6 Å². The number of carbonyl (C=O) groups is 1. The van der Waals surface area contributed by atoms with Gasteiger partial charge in [0, 0.05) is 23.4 Å². The Bertz CT molecular complexity index is 611. The van der Waals surface area contributed by atoms with Crippen LogP contribution in [0, 0.1) is 0 Å². The van der Waals surface area contributed by atoms with E-state index in [9.17, 15) is 15.0 Å². The maximum atomic E-state index is 11.8. The maximum absolute atomic E-state index is 11.8. The van der Waals surface area contributed by atoms with E-state index in [0.29, 0.717) is 16.8 Å². The zero-order valence-electron chi connectivity index (χ0n) is 10.1. The lowest BCUT2D eigenvalue weighted by molar-refractivity contribution is 0.0950. The van der Waals surface area contributed by atoms with Crippen LogP contribution in [-0.2, 0) is 6.54 Å². The van der Waals surface area contributed by atoms with Crippen molar-refractivity contribution in [1.82, 2.24) is 5.32 Å². The number of nitrogens with two attached hydrogens (primary N) is 1. The zero-order chi connectivity index (χ0) is 13.8. The second-order valence-corrected chi connectivity index (χ2v) is 4.12. The lowest BCUT2D eigenvalue weighted by Gasteiger charge is -2.08. The smallest absolute Gasteiger partial charge is 0.251 e. The number of nitrogen functional groups attached to an aromatic ring is 1. The highest BCUT2D eigenvalue weighted by atomic mass is 16.3. The molecule has 0 spiro atoms. The molecule has 98 valence electrons. The molecule has 2 aromatic rings. The van der Waals surface area contributed by atoms with Crippen LogP contribution in [0.15, 0.2) is 42.5 Å². The number of nitrogens with one attached hydrogen (secondary N) is 1. The largest absolute Gasteiger partial charge is 0.508 e. The van der Waals surface area contributed by atoms with Crippen LogP contribution < -0.4 is 11.1 Å². The molecule has 5 nitrogen and oxygen atoms in total. The van der Waals surface area contributed by atoms with Crippen molar-refractivity contribution in [1.29, 1.82) is 0 Å². The molecule has 0 aromatic heterocycles. The summed E-state index contributed by atoms with van der Waals surface area (Å²) in [5, 5.41) is 21.6. The number of phenolic OH excluding ortho intramolecular Hbond substituents is 2. The van der Waals surface area contributed by atoms with E-state index in [-0.39, 0.29) is 24.0 Å². The van der Waals surface area contributed by atoms with Gasteiger partial charge in [0.2, 0.25) is 0 Å². The molecule has 0 saturated heterocycles. The minimum atomic E-state index is -0.335. The van der Waals surface area contributed by atoms with E-state index >= 15 is 0 Å². The van der Waals surface area contributed by atoms with Crippen molar-refractivity contribution in [2.75, 3.05) is 5.73 Å². The van der Waals surface area contributed by atoms with E-state index in [0.717, 1.165) is 0 Å². The first-order chi connectivity index (χ1) is 9.06. The molecule has 19 heavy (non-hydrogen) atoms. The Morgan fingerprint density at radius 3 is 2.68 bits per heavy atom. The highest BCUT2D eigenvalue weighted by molar-refractivity contribution is 5.94. The van der Waals surface area contributed by atoms with Gasteiger partial charge in [-0.2, -0.15) is 0 Å². The Morgan fingerprint density at radius 1 is 1.16 bits per heavy atom. The first kappa shape index (κ1) is 12.8. The zero-order valence-corrected chi connectivity index (χ0v) is 10.1.